The molecule has 84 valence electrons. The normalized spacial score (nSPS) is 22.2. The number of nitrogens with one attached hydrogen (secondary N) is 1. The van der Waals surface area contributed by atoms with Crippen LogP contribution in [0.3, 0.4) is 0 Å². The Morgan fingerprint density at radius 1 is 1.44 bits per heavy atom. The topological polar surface area (TPSA) is 61.7 Å². The molecule has 0 aromatic heterocycles. The van der Waals surface area contributed by atoms with E-state index < -0.39 is 6.10 Å². The van der Waals surface area contributed by atoms with Crippen LogP contribution in [0.2, 0.25) is 0 Å². The molecule has 1 amide bonds. The first-order valence-corrected chi connectivity index (χ1v) is 5.24. The molecule has 2 N–H and O–H groups in total. The van der Waals surface area contributed by atoms with E-state index in [1.54, 1.807) is 0 Å². The minimum Gasteiger partial charge on any atom is -0.388 e. The second kappa shape index (κ2) is 4.45. The van der Waals surface area contributed by atoms with Crippen molar-refractivity contribution in [1.29, 1.82) is 0 Å². The summed E-state index contributed by atoms with van der Waals surface area (Å²) in [4.78, 5) is 11.2. The van der Waals surface area contributed by atoms with Gasteiger partial charge in [0.05, 0.1) is 6.10 Å². The number of rotatable bonds is 2. The predicted octanol–water partition coefficient (Wildman–Crippen LogP) is 1.23. The van der Waals surface area contributed by atoms with Crippen LogP contribution < -0.4 is 5.43 Å². The van der Waals surface area contributed by atoms with Gasteiger partial charge in [-0.3, -0.25) is 4.79 Å². The highest BCUT2D eigenvalue weighted by atomic mass is 16.3. The molecule has 1 aliphatic rings. The molecule has 4 nitrogen and oxygen atoms in total. The van der Waals surface area contributed by atoms with Crippen LogP contribution in [-0.2, 0) is 4.79 Å². The molecule has 0 aliphatic carbocycles. The maximum absolute atomic E-state index is 11.2. The smallest absolute Gasteiger partial charge is 0.240 e. The molecular formula is C12H14N2O2. The van der Waals surface area contributed by atoms with Crippen LogP contribution in [0, 0.1) is 5.92 Å². The molecular weight excluding hydrogens is 204 g/mol. The third-order valence-corrected chi connectivity index (χ3v) is 2.82. The lowest BCUT2D eigenvalue weighted by molar-refractivity contribution is -0.122. The van der Waals surface area contributed by atoms with Gasteiger partial charge >= 0.3 is 0 Å². The van der Waals surface area contributed by atoms with Crippen LogP contribution in [0.15, 0.2) is 35.4 Å². The van der Waals surface area contributed by atoms with E-state index >= 15 is 0 Å². The molecule has 2 atom stereocenters. The van der Waals surface area contributed by atoms with Gasteiger partial charge in [0.2, 0.25) is 5.91 Å². The van der Waals surface area contributed by atoms with E-state index in [2.05, 4.69) is 10.5 Å². The molecule has 0 radical (unpaired) electrons. The number of hydrogen-bond donors (Lipinski definition) is 2. The van der Waals surface area contributed by atoms with Crippen molar-refractivity contribution >= 4 is 11.6 Å². The number of nitrogens with zero attached hydrogens (tertiary/aromatic N) is 1. The first-order valence-electron chi connectivity index (χ1n) is 5.24. The van der Waals surface area contributed by atoms with E-state index in [-0.39, 0.29) is 18.2 Å². The first kappa shape index (κ1) is 10.8. The van der Waals surface area contributed by atoms with Crippen LogP contribution in [-0.4, -0.2) is 16.7 Å². The Balaban J connectivity index is 2.22. The van der Waals surface area contributed by atoms with Gasteiger partial charge in [0.1, 0.15) is 0 Å². The monoisotopic (exact) mass is 218 g/mol. The summed E-state index contributed by atoms with van der Waals surface area (Å²) < 4.78 is 0. The Kier molecular flexibility index (Phi) is 3.01. The number of aliphatic hydroxyl groups is 1. The maximum Gasteiger partial charge on any atom is 0.240 e. The number of carbonyl (C=O) groups excluding carboxylic acids is 1. The molecule has 1 heterocycles. The highest BCUT2D eigenvalue weighted by Gasteiger charge is 2.28. The summed E-state index contributed by atoms with van der Waals surface area (Å²) in [5, 5.41) is 14.1. The number of hydrogen-bond acceptors (Lipinski definition) is 3. The minimum atomic E-state index is -0.670. The Labute approximate surface area is 94.0 Å². The van der Waals surface area contributed by atoms with Gasteiger partial charge in [0.15, 0.2) is 0 Å². The van der Waals surface area contributed by atoms with Gasteiger partial charge < -0.3 is 5.11 Å². The van der Waals surface area contributed by atoms with Gasteiger partial charge in [0, 0.05) is 18.1 Å². The fourth-order valence-corrected chi connectivity index (χ4v) is 1.85. The third-order valence-electron chi connectivity index (χ3n) is 2.82. The van der Waals surface area contributed by atoms with Crippen molar-refractivity contribution in [3.05, 3.63) is 35.9 Å². The van der Waals surface area contributed by atoms with Crippen molar-refractivity contribution in [2.45, 2.75) is 19.4 Å². The molecule has 0 fully saturated rings. The number of carbonyl (C=O) groups is 1. The standard InChI is InChI=1S/C12H14N2O2/c1-8-10(7-11(15)14-13-8)12(16)9-5-3-2-4-6-9/h2-6,10,12,16H,7H2,1H3,(H,14,15)/t10-,12+/m0/s1. The van der Waals surface area contributed by atoms with E-state index in [9.17, 15) is 9.90 Å². The van der Waals surface area contributed by atoms with Crippen molar-refractivity contribution in [3.63, 3.8) is 0 Å². The average molecular weight is 218 g/mol. The van der Waals surface area contributed by atoms with Crippen molar-refractivity contribution in [3.8, 4) is 0 Å². The minimum absolute atomic E-state index is 0.148. The summed E-state index contributed by atoms with van der Waals surface area (Å²) in [6.07, 6.45) is -0.387. The van der Waals surface area contributed by atoms with Crippen LogP contribution in [0.5, 0.6) is 0 Å². The Morgan fingerprint density at radius 3 is 2.81 bits per heavy atom. The van der Waals surface area contributed by atoms with Gasteiger partial charge in [-0.1, -0.05) is 30.3 Å². The van der Waals surface area contributed by atoms with Gasteiger partial charge in [-0.05, 0) is 12.5 Å². The van der Waals surface area contributed by atoms with Crippen molar-refractivity contribution in [1.82, 2.24) is 5.43 Å². The molecule has 0 unspecified atom stereocenters. The lowest BCUT2D eigenvalue weighted by Gasteiger charge is -2.25. The molecule has 1 aliphatic heterocycles. The van der Waals surface area contributed by atoms with Crippen LogP contribution in [0.1, 0.15) is 25.0 Å². The summed E-state index contributed by atoms with van der Waals surface area (Å²) in [5.74, 6) is -0.373. The molecule has 16 heavy (non-hydrogen) atoms. The Morgan fingerprint density at radius 2 is 2.12 bits per heavy atom. The fraction of sp³-hybridized carbons (Fsp3) is 0.333. The number of aliphatic hydroxyl groups excluding tert-OH is 1. The second-order valence-electron chi connectivity index (χ2n) is 3.95. The van der Waals surface area contributed by atoms with Crippen LogP contribution >= 0.6 is 0 Å². The molecule has 1 aromatic rings. The zero-order chi connectivity index (χ0) is 11.5. The first-order chi connectivity index (χ1) is 7.68. The van der Waals surface area contributed by atoms with E-state index in [0.29, 0.717) is 0 Å². The van der Waals surface area contributed by atoms with E-state index in [1.165, 1.54) is 0 Å². The van der Waals surface area contributed by atoms with Gasteiger partial charge in [-0.15, -0.1) is 0 Å². The predicted molar refractivity (Wildman–Crippen MR) is 60.8 cm³/mol. The number of amides is 1. The molecule has 4 heteroatoms. The van der Waals surface area contributed by atoms with E-state index in [4.69, 9.17) is 0 Å². The molecule has 0 saturated heterocycles. The van der Waals surface area contributed by atoms with Crippen molar-refractivity contribution in [2.24, 2.45) is 11.0 Å². The highest BCUT2D eigenvalue weighted by molar-refractivity contribution is 5.93. The molecule has 2 rings (SSSR count). The second-order valence-corrected chi connectivity index (χ2v) is 3.95. The van der Waals surface area contributed by atoms with Crippen LogP contribution in [0.4, 0.5) is 0 Å². The quantitative estimate of drug-likeness (QED) is 0.784. The Hall–Kier alpha value is -1.68. The maximum atomic E-state index is 11.2. The summed E-state index contributed by atoms with van der Waals surface area (Å²) in [6.45, 7) is 1.82. The fourth-order valence-electron chi connectivity index (χ4n) is 1.85. The third kappa shape index (κ3) is 2.12. The Bertz CT molecular complexity index is 414. The van der Waals surface area contributed by atoms with E-state index in [0.717, 1.165) is 11.3 Å². The lowest BCUT2D eigenvalue weighted by Crippen LogP contribution is -2.34. The van der Waals surface area contributed by atoms with Crippen LogP contribution in [0.25, 0.3) is 0 Å². The summed E-state index contributed by atoms with van der Waals surface area (Å²) in [6, 6.07) is 9.33. The number of benzene rings is 1. The average Bonchev–Trinajstić information content (AvgIpc) is 2.32. The van der Waals surface area contributed by atoms with Crippen molar-refractivity contribution < 1.29 is 9.90 Å². The highest BCUT2D eigenvalue weighted by Crippen LogP contribution is 2.27. The SMILES string of the molecule is CC1=NNC(=O)C[C@@H]1[C@H](O)c1ccccc1. The molecule has 1 aromatic carbocycles. The van der Waals surface area contributed by atoms with E-state index in [1.807, 2.05) is 37.3 Å². The number of hydrazone groups is 1. The van der Waals surface area contributed by atoms with Crippen molar-refractivity contribution in [2.75, 3.05) is 0 Å². The molecule has 0 spiro atoms. The lowest BCUT2D eigenvalue weighted by atomic mass is 9.88. The summed E-state index contributed by atoms with van der Waals surface area (Å²) in [5.41, 5.74) is 3.98. The molecule has 0 saturated carbocycles. The molecule has 0 bridgehead atoms. The van der Waals surface area contributed by atoms with Gasteiger partial charge in [-0.2, -0.15) is 5.10 Å². The summed E-state index contributed by atoms with van der Waals surface area (Å²) >= 11 is 0. The largest absolute Gasteiger partial charge is 0.388 e. The zero-order valence-electron chi connectivity index (χ0n) is 9.05. The van der Waals surface area contributed by atoms with Gasteiger partial charge in [-0.25, -0.2) is 5.43 Å². The zero-order valence-corrected chi connectivity index (χ0v) is 9.05. The van der Waals surface area contributed by atoms with Gasteiger partial charge in [0.25, 0.3) is 0 Å². The summed E-state index contributed by atoms with van der Waals surface area (Å²) in [7, 11) is 0.